The molecule has 98 valence electrons. The Balaban J connectivity index is 2.29. The monoisotopic (exact) mass is 276 g/mol. The van der Waals surface area contributed by atoms with E-state index >= 15 is 0 Å². The lowest BCUT2D eigenvalue weighted by molar-refractivity contribution is 0.479. The largest absolute Gasteiger partial charge is 0.457 e. The third kappa shape index (κ3) is 3.26. The fourth-order valence-electron chi connectivity index (χ4n) is 1.57. The van der Waals surface area contributed by atoms with Crippen molar-refractivity contribution in [2.24, 2.45) is 5.73 Å². The summed E-state index contributed by atoms with van der Waals surface area (Å²) in [5, 5.41) is 7.43. The van der Waals surface area contributed by atoms with E-state index in [0.29, 0.717) is 11.5 Å². The molecule has 0 bridgehead atoms. The van der Waals surface area contributed by atoms with Gasteiger partial charge in [0.1, 0.15) is 23.2 Å². The van der Waals surface area contributed by atoms with Crippen LogP contribution in [0.2, 0.25) is 0 Å². The second-order valence-corrected chi connectivity index (χ2v) is 4.71. The van der Waals surface area contributed by atoms with E-state index in [-0.39, 0.29) is 11.4 Å². The van der Waals surface area contributed by atoms with Gasteiger partial charge in [-0.2, -0.15) is 0 Å². The van der Waals surface area contributed by atoms with Gasteiger partial charge < -0.3 is 10.5 Å². The van der Waals surface area contributed by atoms with Crippen molar-refractivity contribution in [3.05, 3.63) is 53.8 Å². The minimum absolute atomic E-state index is 0.227. The highest BCUT2D eigenvalue weighted by Gasteiger charge is 2.09. The molecule has 0 unspecified atom stereocenters. The average Bonchev–Trinajstić information content (AvgIpc) is 2.41. The number of nitrogens with two attached hydrogens (primary N) is 1. The summed E-state index contributed by atoms with van der Waals surface area (Å²) in [6, 6.07) is 11.4. The Bertz CT molecular complexity index is 599. The first-order valence-corrected chi connectivity index (χ1v) is 6.78. The molecule has 0 aliphatic heterocycles. The molecule has 2 aromatic carbocycles. The molecule has 2 rings (SSSR count). The van der Waals surface area contributed by atoms with E-state index in [1.165, 1.54) is 18.2 Å². The number of benzene rings is 2. The number of amidine groups is 1. The number of hydrogen-bond acceptors (Lipinski definition) is 3. The molecule has 0 atom stereocenters. The van der Waals surface area contributed by atoms with E-state index in [2.05, 4.69) is 0 Å². The molecule has 3 nitrogen and oxygen atoms in total. The molecule has 0 aliphatic carbocycles. The van der Waals surface area contributed by atoms with E-state index in [4.69, 9.17) is 15.9 Å². The van der Waals surface area contributed by atoms with Crippen LogP contribution in [0.15, 0.2) is 47.4 Å². The lowest BCUT2D eigenvalue weighted by atomic mass is 10.2. The van der Waals surface area contributed by atoms with E-state index in [1.54, 1.807) is 11.8 Å². The molecule has 5 heteroatoms. The van der Waals surface area contributed by atoms with Crippen LogP contribution < -0.4 is 10.5 Å². The SMILES string of the molecule is CSc1ccc(Oc2ccc(F)cc2C(=N)N)cc1. The Morgan fingerprint density at radius 2 is 1.89 bits per heavy atom. The molecule has 0 fully saturated rings. The van der Waals surface area contributed by atoms with Gasteiger partial charge in [0.05, 0.1) is 5.56 Å². The van der Waals surface area contributed by atoms with Gasteiger partial charge in [-0.3, -0.25) is 5.41 Å². The molecule has 0 radical (unpaired) electrons. The predicted molar refractivity (Wildman–Crippen MR) is 75.7 cm³/mol. The summed E-state index contributed by atoms with van der Waals surface area (Å²) in [5.74, 6) is 0.309. The van der Waals surface area contributed by atoms with Crippen molar-refractivity contribution in [1.82, 2.24) is 0 Å². The molecule has 0 aliphatic rings. The van der Waals surface area contributed by atoms with Crippen molar-refractivity contribution >= 4 is 17.6 Å². The summed E-state index contributed by atoms with van der Waals surface area (Å²) in [7, 11) is 0. The summed E-state index contributed by atoms with van der Waals surface area (Å²) < 4.78 is 18.8. The maximum absolute atomic E-state index is 13.1. The lowest BCUT2D eigenvalue weighted by Gasteiger charge is -2.10. The smallest absolute Gasteiger partial charge is 0.138 e. The molecule has 0 saturated carbocycles. The third-order valence-electron chi connectivity index (χ3n) is 2.52. The number of nitrogen functional groups attached to an aromatic ring is 1. The number of ether oxygens (including phenoxy) is 1. The Morgan fingerprint density at radius 3 is 2.47 bits per heavy atom. The Hall–Kier alpha value is -2.01. The molecule has 0 saturated heterocycles. The Morgan fingerprint density at radius 1 is 1.21 bits per heavy atom. The molecular weight excluding hydrogens is 263 g/mol. The molecule has 19 heavy (non-hydrogen) atoms. The zero-order chi connectivity index (χ0) is 13.8. The highest BCUT2D eigenvalue weighted by Crippen LogP contribution is 2.27. The van der Waals surface area contributed by atoms with Gasteiger partial charge in [-0.05, 0) is 48.7 Å². The van der Waals surface area contributed by atoms with E-state index in [9.17, 15) is 4.39 Å². The number of halogens is 1. The van der Waals surface area contributed by atoms with Gasteiger partial charge in [0.15, 0.2) is 0 Å². The summed E-state index contributed by atoms with van der Waals surface area (Å²) in [4.78, 5) is 1.12. The minimum atomic E-state index is -0.449. The summed E-state index contributed by atoms with van der Waals surface area (Å²) in [6.45, 7) is 0. The topological polar surface area (TPSA) is 59.1 Å². The zero-order valence-corrected chi connectivity index (χ0v) is 11.1. The molecule has 0 amide bonds. The van der Waals surface area contributed by atoms with Gasteiger partial charge in [-0.15, -0.1) is 11.8 Å². The summed E-state index contributed by atoms with van der Waals surface area (Å²) in [5.41, 5.74) is 5.66. The number of rotatable bonds is 4. The zero-order valence-electron chi connectivity index (χ0n) is 10.3. The maximum Gasteiger partial charge on any atom is 0.138 e. The molecule has 0 heterocycles. The van der Waals surface area contributed by atoms with E-state index in [1.807, 2.05) is 30.5 Å². The van der Waals surface area contributed by atoms with Crippen LogP contribution in [-0.2, 0) is 0 Å². The predicted octanol–water partition coefficient (Wildman–Crippen LogP) is 3.62. The highest BCUT2D eigenvalue weighted by atomic mass is 32.2. The summed E-state index contributed by atoms with van der Waals surface area (Å²) >= 11 is 1.63. The second kappa shape index (κ2) is 5.75. The van der Waals surface area contributed by atoms with Gasteiger partial charge in [0.25, 0.3) is 0 Å². The van der Waals surface area contributed by atoms with Crippen LogP contribution in [0.1, 0.15) is 5.56 Å². The van der Waals surface area contributed by atoms with Gasteiger partial charge in [-0.1, -0.05) is 0 Å². The maximum atomic E-state index is 13.1. The van der Waals surface area contributed by atoms with Crippen LogP contribution in [-0.4, -0.2) is 12.1 Å². The molecular formula is C14H13FN2OS. The van der Waals surface area contributed by atoms with Crippen LogP contribution in [0.5, 0.6) is 11.5 Å². The van der Waals surface area contributed by atoms with Gasteiger partial charge >= 0.3 is 0 Å². The first kappa shape index (κ1) is 13.4. The van der Waals surface area contributed by atoms with Crippen molar-refractivity contribution < 1.29 is 9.13 Å². The van der Waals surface area contributed by atoms with Crippen molar-refractivity contribution in [2.75, 3.05) is 6.26 Å². The molecule has 0 aromatic heterocycles. The summed E-state index contributed by atoms with van der Waals surface area (Å²) in [6.07, 6.45) is 1.99. The lowest BCUT2D eigenvalue weighted by Crippen LogP contribution is -2.12. The quantitative estimate of drug-likeness (QED) is 0.509. The number of hydrogen-bond donors (Lipinski definition) is 2. The van der Waals surface area contributed by atoms with E-state index < -0.39 is 5.82 Å². The van der Waals surface area contributed by atoms with Gasteiger partial charge in [0, 0.05) is 4.90 Å². The average molecular weight is 276 g/mol. The third-order valence-corrected chi connectivity index (χ3v) is 3.26. The first-order chi connectivity index (χ1) is 9.10. The van der Waals surface area contributed by atoms with Crippen LogP contribution in [0.25, 0.3) is 0 Å². The van der Waals surface area contributed by atoms with Crippen LogP contribution in [0.3, 0.4) is 0 Å². The van der Waals surface area contributed by atoms with Crippen molar-refractivity contribution in [2.45, 2.75) is 4.90 Å². The first-order valence-electron chi connectivity index (χ1n) is 5.56. The minimum Gasteiger partial charge on any atom is -0.457 e. The van der Waals surface area contributed by atoms with Gasteiger partial charge in [-0.25, -0.2) is 4.39 Å². The van der Waals surface area contributed by atoms with Crippen molar-refractivity contribution in [3.8, 4) is 11.5 Å². The molecule has 0 spiro atoms. The fourth-order valence-corrected chi connectivity index (χ4v) is 1.98. The fraction of sp³-hybridized carbons (Fsp3) is 0.0714. The number of nitrogens with one attached hydrogen (secondary N) is 1. The number of thioether (sulfide) groups is 1. The Labute approximate surface area is 115 Å². The standard InChI is InChI=1S/C14H13FN2OS/c1-19-11-5-3-10(4-6-11)18-13-7-2-9(15)8-12(13)14(16)17/h2-8H,1H3,(H3,16,17). The van der Waals surface area contributed by atoms with E-state index in [0.717, 1.165) is 4.90 Å². The molecule has 3 N–H and O–H groups in total. The second-order valence-electron chi connectivity index (χ2n) is 3.83. The van der Waals surface area contributed by atoms with Crippen LogP contribution >= 0.6 is 11.8 Å². The Kier molecular flexibility index (Phi) is 4.06. The van der Waals surface area contributed by atoms with Gasteiger partial charge in [0.2, 0.25) is 0 Å². The normalized spacial score (nSPS) is 10.2. The van der Waals surface area contributed by atoms with Crippen LogP contribution in [0.4, 0.5) is 4.39 Å². The van der Waals surface area contributed by atoms with Crippen LogP contribution in [0, 0.1) is 11.2 Å². The molecule has 2 aromatic rings. The highest BCUT2D eigenvalue weighted by molar-refractivity contribution is 7.98. The van der Waals surface area contributed by atoms with Crippen molar-refractivity contribution in [3.63, 3.8) is 0 Å². The van der Waals surface area contributed by atoms with Crippen molar-refractivity contribution in [1.29, 1.82) is 5.41 Å².